The molecule has 1 aromatic carbocycles. The Kier molecular flexibility index (Phi) is 4.79. The van der Waals surface area contributed by atoms with Gasteiger partial charge in [-0.1, -0.05) is 0 Å². The van der Waals surface area contributed by atoms with Crippen molar-refractivity contribution in [1.82, 2.24) is 4.98 Å². The molecular formula is C21H24N4O2. The molecular weight excluding hydrogens is 340 g/mol. The summed E-state index contributed by atoms with van der Waals surface area (Å²) in [7, 11) is 0. The summed E-state index contributed by atoms with van der Waals surface area (Å²) in [4.78, 5) is 32.7. The number of carbonyl (C=O) groups excluding carboxylic acids is 2. The Bertz CT molecular complexity index is 857. The number of piperidine rings is 1. The highest BCUT2D eigenvalue weighted by Gasteiger charge is 2.23. The molecule has 0 aliphatic carbocycles. The quantitative estimate of drug-likeness (QED) is 0.908. The summed E-state index contributed by atoms with van der Waals surface area (Å²) in [6, 6.07) is 9.35. The molecule has 0 saturated carbocycles. The number of rotatable bonds is 3. The van der Waals surface area contributed by atoms with Crippen LogP contribution in [0, 0.1) is 0 Å². The van der Waals surface area contributed by atoms with Crippen LogP contribution in [0.1, 0.15) is 42.1 Å². The molecule has 3 heterocycles. The van der Waals surface area contributed by atoms with E-state index in [1.54, 1.807) is 17.9 Å². The number of aromatic nitrogens is 1. The number of hydrogen-bond acceptors (Lipinski definition) is 4. The average molecular weight is 364 g/mol. The van der Waals surface area contributed by atoms with Gasteiger partial charge in [0, 0.05) is 37.8 Å². The monoisotopic (exact) mass is 364 g/mol. The molecule has 1 saturated heterocycles. The minimum Gasteiger partial charge on any atom is -0.370 e. The summed E-state index contributed by atoms with van der Waals surface area (Å²) in [5, 5.41) is 2.86. The van der Waals surface area contributed by atoms with E-state index in [4.69, 9.17) is 0 Å². The third kappa shape index (κ3) is 3.65. The summed E-state index contributed by atoms with van der Waals surface area (Å²) in [5.74, 6) is 0.396. The van der Waals surface area contributed by atoms with E-state index in [1.165, 1.54) is 19.3 Å². The molecule has 27 heavy (non-hydrogen) atoms. The predicted octanol–water partition coefficient (Wildman–Crippen LogP) is 3.23. The number of nitrogens with one attached hydrogen (secondary N) is 1. The van der Waals surface area contributed by atoms with E-state index in [1.807, 2.05) is 30.5 Å². The van der Waals surface area contributed by atoms with Gasteiger partial charge in [0.2, 0.25) is 5.91 Å². The number of carbonyl (C=O) groups is 2. The van der Waals surface area contributed by atoms with Crippen molar-refractivity contribution in [2.24, 2.45) is 0 Å². The van der Waals surface area contributed by atoms with Crippen LogP contribution in [0.15, 0.2) is 36.5 Å². The normalized spacial score (nSPS) is 16.2. The molecule has 0 radical (unpaired) electrons. The Morgan fingerprint density at radius 3 is 2.56 bits per heavy atom. The van der Waals surface area contributed by atoms with Crippen LogP contribution in [0.5, 0.6) is 0 Å². The third-order valence-corrected chi connectivity index (χ3v) is 5.33. The summed E-state index contributed by atoms with van der Waals surface area (Å²) < 4.78 is 0. The number of pyridine rings is 1. The Hall–Kier alpha value is -2.89. The van der Waals surface area contributed by atoms with Gasteiger partial charge >= 0.3 is 0 Å². The van der Waals surface area contributed by atoms with Crippen LogP contribution in [-0.4, -0.2) is 36.4 Å². The van der Waals surface area contributed by atoms with Gasteiger partial charge in [-0.2, -0.15) is 0 Å². The fraction of sp³-hybridized carbons (Fsp3) is 0.381. The Morgan fingerprint density at radius 1 is 1.04 bits per heavy atom. The van der Waals surface area contributed by atoms with Gasteiger partial charge in [-0.3, -0.25) is 9.59 Å². The third-order valence-electron chi connectivity index (χ3n) is 5.33. The van der Waals surface area contributed by atoms with Crippen molar-refractivity contribution in [2.75, 3.05) is 34.8 Å². The zero-order valence-corrected chi connectivity index (χ0v) is 15.6. The largest absolute Gasteiger partial charge is 0.370 e. The van der Waals surface area contributed by atoms with Gasteiger partial charge in [0.05, 0.1) is 11.9 Å². The summed E-state index contributed by atoms with van der Waals surface area (Å²) in [5.41, 5.74) is 3.63. The molecule has 1 aromatic heterocycles. The molecule has 0 spiro atoms. The van der Waals surface area contributed by atoms with Crippen LogP contribution in [-0.2, 0) is 11.2 Å². The highest BCUT2D eigenvalue weighted by atomic mass is 16.2. The van der Waals surface area contributed by atoms with Crippen molar-refractivity contribution in [2.45, 2.75) is 32.6 Å². The lowest BCUT2D eigenvalue weighted by Crippen LogP contribution is -2.29. The lowest BCUT2D eigenvalue weighted by molar-refractivity contribution is -0.116. The highest BCUT2D eigenvalue weighted by molar-refractivity contribution is 6.04. The van der Waals surface area contributed by atoms with Crippen molar-refractivity contribution in [3.63, 3.8) is 0 Å². The molecule has 0 unspecified atom stereocenters. The lowest BCUT2D eigenvalue weighted by atomic mass is 10.1. The van der Waals surface area contributed by atoms with Gasteiger partial charge in [-0.15, -0.1) is 0 Å². The van der Waals surface area contributed by atoms with Crippen molar-refractivity contribution >= 4 is 29.0 Å². The van der Waals surface area contributed by atoms with Crippen molar-refractivity contribution in [3.8, 4) is 0 Å². The molecule has 140 valence electrons. The van der Waals surface area contributed by atoms with Gasteiger partial charge in [-0.25, -0.2) is 4.98 Å². The molecule has 0 bridgehead atoms. The number of benzene rings is 1. The first-order chi connectivity index (χ1) is 13.1. The second-order valence-electron chi connectivity index (χ2n) is 7.17. The maximum absolute atomic E-state index is 12.6. The standard InChI is InChI=1S/C21H24N4O2/c1-15(26)25-12-9-16-13-17(5-7-19(16)25)21(27)23-20-8-6-18(14-22-20)24-10-3-2-4-11-24/h5-8,13-14H,2-4,9-12H2,1H3,(H,22,23,27). The zero-order valence-electron chi connectivity index (χ0n) is 15.6. The van der Waals surface area contributed by atoms with E-state index in [2.05, 4.69) is 15.2 Å². The molecule has 1 fully saturated rings. The molecule has 6 nitrogen and oxygen atoms in total. The molecule has 4 rings (SSSR count). The highest BCUT2D eigenvalue weighted by Crippen LogP contribution is 2.29. The minimum absolute atomic E-state index is 0.0314. The van der Waals surface area contributed by atoms with Crippen LogP contribution >= 0.6 is 0 Å². The number of fused-ring (bicyclic) bond motifs is 1. The maximum Gasteiger partial charge on any atom is 0.256 e. The van der Waals surface area contributed by atoms with E-state index in [0.29, 0.717) is 17.9 Å². The first kappa shape index (κ1) is 17.5. The summed E-state index contributed by atoms with van der Waals surface area (Å²) in [6.45, 7) is 4.38. The van der Waals surface area contributed by atoms with E-state index in [9.17, 15) is 9.59 Å². The topological polar surface area (TPSA) is 65.5 Å². The molecule has 2 aliphatic heterocycles. The Labute approximate surface area is 159 Å². The van der Waals surface area contributed by atoms with Gasteiger partial charge in [0.15, 0.2) is 0 Å². The number of amides is 2. The molecule has 2 aromatic rings. The van der Waals surface area contributed by atoms with Gasteiger partial charge in [-0.05, 0) is 61.6 Å². The second kappa shape index (κ2) is 7.39. The SMILES string of the molecule is CC(=O)N1CCc2cc(C(=O)Nc3ccc(N4CCCCC4)cn3)ccc21. The van der Waals surface area contributed by atoms with Crippen LogP contribution < -0.4 is 15.1 Å². The summed E-state index contributed by atoms with van der Waals surface area (Å²) >= 11 is 0. The Balaban J connectivity index is 1.44. The van der Waals surface area contributed by atoms with Crippen molar-refractivity contribution in [1.29, 1.82) is 0 Å². The first-order valence-corrected chi connectivity index (χ1v) is 9.55. The lowest BCUT2D eigenvalue weighted by Gasteiger charge is -2.28. The molecule has 1 N–H and O–H groups in total. The van der Waals surface area contributed by atoms with Crippen molar-refractivity contribution < 1.29 is 9.59 Å². The van der Waals surface area contributed by atoms with E-state index in [-0.39, 0.29) is 11.8 Å². The maximum atomic E-state index is 12.6. The van der Waals surface area contributed by atoms with Crippen molar-refractivity contribution in [3.05, 3.63) is 47.7 Å². The Morgan fingerprint density at radius 2 is 1.85 bits per heavy atom. The van der Waals surface area contributed by atoms with Crippen LogP contribution in [0.2, 0.25) is 0 Å². The van der Waals surface area contributed by atoms with Crippen LogP contribution in [0.25, 0.3) is 0 Å². The van der Waals surface area contributed by atoms with E-state index in [0.717, 1.165) is 36.4 Å². The van der Waals surface area contributed by atoms with Gasteiger partial charge in [0.1, 0.15) is 5.82 Å². The van der Waals surface area contributed by atoms with Gasteiger partial charge in [0.25, 0.3) is 5.91 Å². The van der Waals surface area contributed by atoms with Crippen LogP contribution in [0.4, 0.5) is 17.2 Å². The number of anilines is 3. The minimum atomic E-state index is -0.183. The van der Waals surface area contributed by atoms with Gasteiger partial charge < -0.3 is 15.1 Å². The molecule has 6 heteroatoms. The zero-order chi connectivity index (χ0) is 18.8. The van der Waals surface area contributed by atoms with E-state index < -0.39 is 0 Å². The molecule has 2 aliphatic rings. The number of hydrogen-bond donors (Lipinski definition) is 1. The number of nitrogens with zero attached hydrogens (tertiary/aromatic N) is 3. The summed E-state index contributed by atoms with van der Waals surface area (Å²) in [6.07, 6.45) is 6.34. The second-order valence-corrected chi connectivity index (χ2v) is 7.17. The van der Waals surface area contributed by atoms with Crippen LogP contribution in [0.3, 0.4) is 0 Å². The molecule has 2 amide bonds. The fourth-order valence-corrected chi connectivity index (χ4v) is 3.86. The fourth-order valence-electron chi connectivity index (χ4n) is 3.86. The average Bonchev–Trinajstić information content (AvgIpc) is 3.13. The van der Waals surface area contributed by atoms with E-state index >= 15 is 0 Å². The first-order valence-electron chi connectivity index (χ1n) is 9.55. The smallest absolute Gasteiger partial charge is 0.256 e. The predicted molar refractivity (Wildman–Crippen MR) is 106 cm³/mol. The molecule has 0 atom stereocenters.